The molecule has 1 aromatic heterocycles. The fourth-order valence-electron chi connectivity index (χ4n) is 3.30. The smallest absolute Gasteiger partial charge is 0.359 e. The molecule has 0 saturated heterocycles. The van der Waals surface area contributed by atoms with Crippen LogP contribution in [-0.4, -0.2) is 33.4 Å². The van der Waals surface area contributed by atoms with E-state index in [0.717, 1.165) is 5.56 Å². The number of carbonyl (C=O) groups excluding carboxylic acids is 1. The van der Waals surface area contributed by atoms with Crippen LogP contribution in [0.4, 0.5) is 0 Å². The van der Waals surface area contributed by atoms with Crippen LogP contribution in [-0.2, 0) is 11.3 Å². The van der Waals surface area contributed by atoms with Crippen LogP contribution >= 0.6 is 0 Å². The Labute approximate surface area is 178 Å². The molecule has 0 aliphatic heterocycles. The topological polar surface area (TPSA) is 90.7 Å². The Balaban J connectivity index is 1.82. The van der Waals surface area contributed by atoms with E-state index in [0.29, 0.717) is 28.9 Å². The lowest BCUT2D eigenvalue weighted by atomic mass is 10.1. The molecule has 0 radical (unpaired) electrons. The highest BCUT2D eigenvalue weighted by atomic mass is 16.5. The predicted molar refractivity (Wildman–Crippen MR) is 115 cm³/mol. The molecule has 7 heteroatoms. The van der Waals surface area contributed by atoms with Crippen LogP contribution in [0.3, 0.4) is 0 Å². The third-order valence-electron chi connectivity index (χ3n) is 4.73. The molecule has 1 heterocycles. The summed E-state index contributed by atoms with van der Waals surface area (Å²) in [6.07, 6.45) is 0. The summed E-state index contributed by atoms with van der Waals surface area (Å²) < 4.78 is 12.5. The van der Waals surface area contributed by atoms with Crippen molar-refractivity contribution in [1.82, 2.24) is 9.78 Å². The lowest BCUT2D eigenvalue weighted by Crippen LogP contribution is -2.09. The molecule has 31 heavy (non-hydrogen) atoms. The van der Waals surface area contributed by atoms with Crippen molar-refractivity contribution in [2.45, 2.75) is 13.5 Å². The van der Waals surface area contributed by atoms with Crippen LogP contribution in [0.1, 0.15) is 33.3 Å². The Kier molecular flexibility index (Phi) is 5.66. The van der Waals surface area contributed by atoms with Crippen molar-refractivity contribution in [2.75, 3.05) is 6.61 Å². The molecule has 3 aromatic carbocycles. The third kappa shape index (κ3) is 4.11. The molecule has 0 atom stereocenters. The zero-order valence-corrected chi connectivity index (χ0v) is 16.8. The molecule has 0 aliphatic carbocycles. The molecule has 0 amide bonds. The van der Waals surface area contributed by atoms with Gasteiger partial charge in [0.1, 0.15) is 12.4 Å². The van der Waals surface area contributed by atoms with Crippen LogP contribution < -0.4 is 4.74 Å². The number of carboxylic acid groups (broad SMARTS) is 1. The number of aromatic carboxylic acids is 1. The summed E-state index contributed by atoms with van der Waals surface area (Å²) in [6.45, 7) is 2.29. The number of nitrogens with zero attached hydrogens (tertiary/aromatic N) is 2. The first-order valence-corrected chi connectivity index (χ1v) is 9.78. The first-order chi connectivity index (χ1) is 15.1. The summed E-state index contributed by atoms with van der Waals surface area (Å²) in [5.74, 6) is -1.09. The van der Waals surface area contributed by atoms with Gasteiger partial charge in [0, 0.05) is 11.5 Å². The molecule has 0 bridgehead atoms. The van der Waals surface area contributed by atoms with Gasteiger partial charge in [0.15, 0.2) is 5.69 Å². The number of rotatable bonds is 7. The van der Waals surface area contributed by atoms with E-state index < -0.39 is 11.9 Å². The summed E-state index contributed by atoms with van der Waals surface area (Å²) >= 11 is 0. The maximum absolute atomic E-state index is 12.5. The van der Waals surface area contributed by atoms with Gasteiger partial charge in [-0.25, -0.2) is 14.3 Å². The van der Waals surface area contributed by atoms with E-state index in [1.54, 1.807) is 43.3 Å². The van der Waals surface area contributed by atoms with Gasteiger partial charge in [0.25, 0.3) is 0 Å². The van der Waals surface area contributed by atoms with E-state index in [-0.39, 0.29) is 17.9 Å². The van der Waals surface area contributed by atoms with Crippen LogP contribution in [0.15, 0.2) is 72.8 Å². The fourth-order valence-corrected chi connectivity index (χ4v) is 3.30. The van der Waals surface area contributed by atoms with Crippen molar-refractivity contribution in [3.8, 4) is 11.4 Å². The van der Waals surface area contributed by atoms with Crippen molar-refractivity contribution >= 4 is 22.8 Å². The first-order valence-electron chi connectivity index (χ1n) is 9.78. The van der Waals surface area contributed by atoms with Crippen molar-refractivity contribution in [2.24, 2.45) is 0 Å². The second-order valence-electron chi connectivity index (χ2n) is 6.76. The van der Waals surface area contributed by atoms with Crippen LogP contribution in [0.25, 0.3) is 16.6 Å². The molecule has 156 valence electrons. The van der Waals surface area contributed by atoms with Crippen molar-refractivity contribution in [1.29, 1.82) is 0 Å². The number of hydrogen-bond donors (Lipinski definition) is 1. The Morgan fingerprint density at radius 1 is 1.00 bits per heavy atom. The number of carbonyl (C=O) groups is 2. The quantitative estimate of drug-likeness (QED) is 0.447. The summed E-state index contributed by atoms with van der Waals surface area (Å²) in [7, 11) is 0. The molecule has 0 aliphatic rings. The Hall–Kier alpha value is -4.13. The maximum atomic E-state index is 12.5. The minimum Gasteiger partial charge on any atom is -0.489 e. The summed E-state index contributed by atoms with van der Waals surface area (Å²) in [4.78, 5) is 24.2. The molecule has 1 N–H and O–H groups in total. The lowest BCUT2D eigenvalue weighted by Gasteiger charge is -2.09. The molecule has 7 nitrogen and oxygen atoms in total. The Morgan fingerprint density at radius 2 is 1.74 bits per heavy atom. The maximum Gasteiger partial charge on any atom is 0.359 e. The van der Waals surface area contributed by atoms with E-state index in [1.807, 2.05) is 30.3 Å². The normalized spacial score (nSPS) is 10.7. The summed E-state index contributed by atoms with van der Waals surface area (Å²) in [6, 6.07) is 21.4. The van der Waals surface area contributed by atoms with E-state index in [1.165, 1.54) is 10.7 Å². The SMILES string of the molecule is CCOC(=O)c1nn(-c2ccccc2C(=O)O)c2cc(OCc3ccccc3)ccc12. The molecular formula is C24H20N2O5. The van der Waals surface area contributed by atoms with Gasteiger partial charge in [-0.3, -0.25) is 0 Å². The van der Waals surface area contributed by atoms with Crippen LogP contribution in [0.5, 0.6) is 5.75 Å². The second kappa shape index (κ2) is 8.71. The van der Waals surface area contributed by atoms with E-state index in [2.05, 4.69) is 5.10 Å². The fraction of sp³-hybridized carbons (Fsp3) is 0.125. The number of carboxylic acids is 1. The molecule has 4 aromatic rings. The minimum atomic E-state index is -1.09. The number of ether oxygens (including phenoxy) is 2. The van der Waals surface area contributed by atoms with Gasteiger partial charge >= 0.3 is 11.9 Å². The third-order valence-corrected chi connectivity index (χ3v) is 4.73. The molecule has 0 unspecified atom stereocenters. The van der Waals surface area contributed by atoms with Gasteiger partial charge < -0.3 is 14.6 Å². The van der Waals surface area contributed by atoms with Crippen molar-refractivity contribution in [3.05, 3.63) is 89.6 Å². The van der Waals surface area contributed by atoms with Crippen molar-refractivity contribution in [3.63, 3.8) is 0 Å². The number of hydrogen-bond acceptors (Lipinski definition) is 5. The largest absolute Gasteiger partial charge is 0.489 e. The average molecular weight is 416 g/mol. The monoisotopic (exact) mass is 416 g/mol. The zero-order chi connectivity index (χ0) is 21.8. The Morgan fingerprint density at radius 3 is 2.48 bits per heavy atom. The molecule has 4 rings (SSSR count). The number of benzene rings is 3. The second-order valence-corrected chi connectivity index (χ2v) is 6.76. The molecule has 0 fully saturated rings. The highest BCUT2D eigenvalue weighted by molar-refractivity contribution is 6.03. The highest BCUT2D eigenvalue weighted by Crippen LogP contribution is 2.28. The highest BCUT2D eigenvalue weighted by Gasteiger charge is 2.22. The van der Waals surface area contributed by atoms with Crippen LogP contribution in [0.2, 0.25) is 0 Å². The number of esters is 1. The standard InChI is InChI=1S/C24H20N2O5/c1-2-30-24(29)22-18-13-12-17(31-15-16-8-4-3-5-9-16)14-21(18)26(25-22)20-11-7-6-10-19(20)23(27)28/h3-14H,2,15H2,1H3,(H,27,28). The van der Waals surface area contributed by atoms with Crippen LogP contribution in [0, 0.1) is 0 Å². The van der Waals surface area contributed by atoms with Gasteiger partial charge in [-0.1, -0.05) is 42.5 Å². The summed E-state index contributed by atoms with van der Waals surface area (Å²) in [5.41, 5.74) is 2.09. The predicted octanol–water partition coefficient (Wildman–Crippen LogP) is 4.48. The zero-order valence-electron chi connectivity index (χ0n) is 16.8. The van der Waals surface area contributed by atoms with Gasteiger partial charge in [-0.05, 0) is 36.8 Å². The Bertz CT molecular complexity index is 1250. The molecular weight excluding hydrogens is 396 g/mol. The van der Waals surface area contributed by atoms with Gasteiger partial charge in [0.05, 0.1) is 23.4 Å². The molecule has 0 saturated carbocycles. The van der Waals surface area contributed by atoms with Gasteiger partial charge in [-0.2, -0.15) is 5.10 Å². The number of para-hydroxylation sites is 1. The average Bonchev–Trinajstić information content (AvgIpc) is 3.17. The number of fused-ring (bicyclic) bond motifs is 1. The first kappa shape index (κ1) is 20.2. The van der Waals surface area contributed by atoms with Crippen molar-refractivity contribution < 1.29 is 24.2 Å². The summed E-state index contributed by atoms with van der Waals surface area (Å²) in [5, 5.41) is 14.6. The van der Waals surface area contributed by atoms with E-state index in [9.17, 15) is 14.7 Å². The van der Waals surface area contributed by atoms with Gasteiger partial charge in [-0.15, -0.1) is 0 Å². The number of aromatic nitrogens is 2. The lowest BCUT2D eigenvalue weighted by molar-refractivity contribution is 0.0521. The van der Waals surface area contributed by atoms with Gasteiger partial charge in [0.2, 0.25) is 0 Å². The molecule has 0 spiro atoms. The minimum absolute atomic E-state index is 0.0675. The van der Waals surface area contributed by atoms with E-state index >= 15 is 0 Å². The van der Waals surface area contributed by atoms with E-state index in [4.69, 9.17) is 9.47 Å².